The molecule has 0 amide bonds. The fraction of sp³-hybridized carbons (Fsp3) is 0.714. The summed E-state index contributed by atoms with van der Waals surface area (Å²) >= 11 is 0. The molecule has 1 aromatic rings. The fourth-order valence-corrected chi connectivity index (χ4v) is 2.36. The summed E-state index contributed by atoms with van der Waals surface area (Å²) in [7, 11) is 0. The van der Waals surface area contributed by atoms with Crippen molar-refractivity contribution < 1.29 is 0 Å². The molecule has 5 heteroatoms. The van der Waals surface area contributed by atoms with Crippen LogP contribution in [0, 0.1) is 18.3 Å². The molecule has 0 saturated heterocycles. The second kappa shape index (κ2) is 5.33. The molecule has 0 bridgehead atoms. The molecule has 2 rings (SSSR count). The Balaban J connectivity index is 2.11. The topological polar surface area (TPSA) is 75.9 Å². The molecule has 1 heterocycles. The smallest absolute Gasteiger partial charge is 0.148 e. The van der Waals surface area contributed by atoms with E-state index in [-0.39, 0.29) is 0 Å². The van der Waals surface area contributed by atoms with Gasteiger partial charge in [0.15, 0.2) is 0 Å². The van der Waals surface area contributed by atoms with Gasteiger partial charge in [0.1, 0.15) is 17.5 Å². The Kier molecular flexibility index (Phi) is 3.94. The SMILES string of the molecule is CCCc1nc(NN)c(C)c(NCC2CC2(C)C)n1. The van der Waals surface area contributed by atoms with E-state index in [2.05, 4.69) is 41.5 Å². The van der Waals surface area contributed by atoms with Gasteiger partial charge in [-0.25, -0.2) is 15.8 Å². The Labute approximate surface area is 115 Å². The maximum Gasteiger partial charge on any atom is 0.148 e. The number of nitrogen functional groups attached to an aromatic ring is 1. The first-order valence-corrected chi connectivity index (χ1v) is 7.06. The highest BCUT2D eigenvalue weighted by atomic mass is 15.3. The van der Waals surface area contributed by atoms with Crippen LogP contribution >= 0.6 is 0 Å². The van der Waals surface area contributed by atoms with E-state index in [0.29, 0.717) is 5.41 Å². The largest absolute Gasteiger partial charge is 0.369 e. The van der Waals surface area contributed by atoms with Gasteiger partial charge in [-0.2, -0.15) is 0 Å². The van der Waals surface area contributed by atoms with Crippen molar-refractivity contribution >= 4 is 11.6 Å². The third-order valence-electron chi connectivity index (χ3n) is 4.04. The molecule has 1 aromatic heterocycles. The number of aryl methyl sites for hydroxylation is 1. The molecule has 4 N–H and O–H groups in total. The average Bonchev–Trinajstić information content (AvgIpc) is 2.97. The van der Waals surface area contributed by atoms with Gasteiger partial charge in [0.25, 0.3) is 0 Å². The van der Waals surface area contributed by atoms with Gasteiger partial charge in [0.05, 0.1) is 0 Å². The highest BCUT2D eigenvalue weighted by Crippen LogP contribution is 2.51. The lowest BCUT2D eigenvalue weighted by atomic mass is 10.1. The molecule has 1 atom stereocenters. The summed E-state index contributed by atoms with van der Waals surface area (Å²) in [6.45, 7) is 9.70. The minimum absolute atomic E-state index is 0.481. The van der Waals surface area contributed by atoms with Gasteiger partial charge < -0.3 is 10.7 Å². The normalized spacial score (nSPS) is 20.2. The highest BCUT2D eigenvalue weighted by Gasteiger charge is 2.45. The Bertz CT molecular complexity index is 455. The molecular formula is C14H25N5. The molecule has 0 radical (unpaired) electrons. The van der Waals surface area contributed by atoms with E-state index < -0.39 is 0 Å². The number of anilines is 2. The summed E-state index contributed by atoms with van der Waals surface area (Å²) in [5.74, 6) is 8.75. The zero-order valence-electron chi connectivity index (χ0n) is 12.4. The van der Waals surface area contributed by atoms with Crippen molar-refractivity contribution in [3.8, 4) is 0 Å². The van der Waals surface area contributed by atoms with E-state index in [1.54, 1.807) is 0 Å². The predicted molar refractivity (Wildman–Crippen MR) is 79.0 cm³/mol. The first-order valence-electron chi connectivity index (χ1n) is 7.06. The lowest BCUT2D eigenvalue weighted by Crippen LogP contribution is -2.16. The maximum absolute atomic E-state index is 5.53. The first-order chi connectivity index (χ1) is 8.97. The Morgan fingerprint density at radius 1 is 1.32 bits per heavy atom. The van der Waals surface area contributed by atoms with E-state index in [1.807, 2.05) is 6.92 Å². The van der Waals surface area contributed by atoms with E-state index in [9.17, 15) is 0 Å². The van der Waals surface area contributed by atoms with Crippen LogP contribution in [0.25, 0.3) is 0 Å². The van der Waals surface area contributed by atoms with Gasteiger partial charge in [0.2, 0.25) is 0 Å². The van der Waals surface area contributed by atoms with E-state index in [0.717, 1.165) is 48.3 Å². The Morgan fingerprint density at radius 2 is 1.95 bits per heavy atom. The van der Waals surface area contributed by atoms with Crippen molar-refractivity contribution in [3.63, 3.8) is 0 Å². The van der Waals surface area contributed by atoms with Crippen LogP contribution in [-0.2, 0) is 6.42 Å². The molecule has 1 aliphatic rings. The summed E-state index contributed by atoms with van der Waals surface area (Å²) in [4.78, 5) is 9.03. The lowest BCUT2D eigenvalue weighted by molar-refractivity contribution is 0.572. The maximum atomic E-state index is 5.53. The standard InChI is InChI=1S/C14H25N5/c1-5-6-11-17-12(9(2)13(18-11)19-15)16-8-10-7-14(10,3)4/h10H,5-8,15H2,1-4H3,(H2,16,17,18,19). The molecule has 106 valence electrons. The molecule has 0 aromatic carbocycles. The van der Waals surface area contributed by atoms with E-state index in [1.165, 1.54) is 6.42 Å². The number of rotatable bonds is 6. The van der Waals surface area contributed by atoms with Crippen molar-refractivity contribution in [2.45, 2.75) is 47.0 Å². The number of nitrogens with two attached hydrogens (primary N) is 1. The zero-order valence-corrected chi connectivity index (χ0v) is 12.4. The molecule has 1 saturated carbocycles. The molecule has 5 nitrogen and oxygen atoms in total. The van der Waals surface area contributed by atoms with Gasteiger partial charge >= 0.3 is 0 Å². The van der Waals surface area contributed by atoms with Gasteiger partial charge in [-0.05, 0) is 31.1 Å². The van der Waals surface area contributed by atoms with Crippen molar-refractivity contribution in [2.24, 2.45) is 17.2 Å². The van der Waals surface area contributed by atoms with Crippen LogP contribution in [0.4, 0.5) is 11.6 Å². The third kappa shape index (κ3) is 3.15. The van der Waals surface area contributed by atoms with Gasteiger partial charge in [-0.3, -0.25) is 0 Å². The summed E-state index contributed by atoms with van der Waals surface area (Å²) in [6.07, 6.45) is 3.19. The monoisotopic (exact) mass is 263 g/mol. The van der Waals surface area contributed by atoms with Crippen LogP contribution in [0.15, 0.2) is 0 Å². The Hall–Kier alpha value is -1.36. The molecule has 0 spiro atoms. The summed E-state index contributed by atoms with van der Waals surface area (Å²) < 4.78 is 0. The zero-order chi connectivity index (χ0) is 14.0. The quantitative estimate of drug-likeness (QED) is 0.543. The molecule has 1 fully saturated rings. The number of hydrogen-bond acceptors (Lipinski definition) is 5. The molecule has 19 heavy (non-hydrogen) atoms. The molecule has 1 aliphatic carbocycles. The fourth-order valence-electron chi connectivity index (χ4n) is 2.36. The minimum atomic E-state index is 0.481. The van der Waals surface area contributed by atoms with Crippen molar-refractivity contribution in [2.75, 3.05) is 17.3 Å². The lowest BCUT2D eigenvalue weighted by Gasteiger charge is -2.14. The van der Waals surface area contributed by atoms with Crippen molar-refractivity contribution in [1.82, 2.24) is 9.97 Å². The second-order valence-corrected chi connectivity index (χ2v) is 6.13. The van der Waals surface area contributed by atoms with Crippen LogP contribution in [0.1, 0.15) is 45.0 Å². The van der Waals surface area contributed by atoms with E-state index in [4.69, 9.17) is 5.84 Å². The molecular weight excluding hydrogens is 238 g/mol. The Morgan fingerprint density at radius 3 is 2.47 bits per heavy atom. The number of hydrazine groups is 1. The third-order valence-corrected chi connectivity index (χ3v) is 4.04. The first kappa shape index (κ1) is 14.1. The van der Waals surface area contributed by atoms with Gasteiger partial charge in [-0.1, -0.05) is 20.8 Å². The number of nitrogens with one attached hydrogen (secondary N) is 2. The van der Waals surface area contributed by atoms with Crippen molar-refractivity contribution in [3.05, 3.63) is 11.4 Å². The summed E-state index contributed by atoms with van der Waals surface area (Å²) in [5, 5.41) is 3.46. The van der Waals surface area contributed by atoms with Crippen molar-refractivity contribution in [1.29, 1.82) is 0 Å². The van der Waals surface area contributed by atoms with Gasteiger partial charge in [0, 0.05) is 18.5 Å². The second-order valence-electron chi connectivity index (χ2n) is 6.13. The summed E-state index contributed by atoms with van der Waals surface area (Å²) in [5.41, 5.74) is 4.13. The van der Waals surface area contributed by atoms with Gasteiger partial charge in [-0.15, -0.1) is 0 Å². The number of aromatic nitrogens is 2. The highest BCUT2D eigenvalue weighted by molar-refractivity contribution is 5.56. The molecule has 0 aliphatic heterocycles. The van der Waals surface area contributed by atoms with Crippen LogP contribution in [0.3, 0.4) is 0 Å². The summed E-state index contributed by atoms with van der Waals surface area (Å²) in [6, 6.07) is 0. The van der Waals surface area contributed by atoms with Crippen LogP contribution in [0.5, 0.6) is 0 Å². The average molecular weight is 263 g/mol. The minimum Gasteiger partial charge on any atom is -0.369 e. The van der Waals surface area contributed by atoms with E-state index >= 15 is 0 Å². The van der Waals surface area contributed by atoms with Crippen LogP contribution in [0.2, 0.25) is 0 Å². The molecule has 1 unspecified atom stereocenters. The van der Waals surface area contributed by atoms with Crippen LogP contribution < -0.4 is 16.6 Å². The van der Waals surface area contributed by atoms with Crippen LogP contribution in [-0.4, -0.2) is 16.5 Å². The number of nitrogens with zero attached hydrogens (tertiary/aromatic N) is 2. The number of hydrogen-bond donors (Lipinski definition) is 3. The predicted octanol–water partition coefficient (Wildman–Crippen LogP) is 2.48.